The number of piperazine rings is 1. The van der Waals surface area contributed by atoms with Crippen LogP contribution in [0.4, 0.5) is 4.39 Å². The number of amides is 1. The largest absolute Gasteiger partial charge is 0.468 e. The predicted molar refractivity (Wildman–Crippen MR) is 108 cm³/mol. The number of ether oxygens (including phenoxy) is 1. The monoisotopic (exact) mass is 468 g/mol. The molecule has 1 fully saturated rings. The topological polar surface area (TPSA) is 49.9 Å². The molecule has 2 aromatic carbocycles. The van der Waals surface area contributed by atoms with E-state index in [9.17, 15) is 14.0 Å². The van der Waals surface area contributed by atoms with Gasteiger partial charge in [-0.1, -0.05) is 45.7 Å². The Morgan fingerprint density at radius 3 is 2.43 bits per heavy atom. The first-order valence-electron chi connectivity index (χ1n) is 8.73. The van der Waals surface area contributed by atoms with Crippen molar-refractivity contribution in [1.82, 2.24) is 9.80 Å². The summed E-state index contributed by atoms with van der Waals surface area (Å²) in [5, 5.41) is 0.480. The lowest BCUT2D eigenvalue weighted by Crippen LogP contribution is -2.51. The Hall–Kier alpha value is -1.96. The second kappa shape index (κ2) is 9.03. The number of hydrogen-bond donors (Lipinski definition) is 0. The molecule has 28 heavy (non-hydrogen) atoms. The fourth-order valence-corrected chi connectivity index (χ4v) is 3.87. The van der Waals surface area contributed by atoms with Gasteiger partial charge < -0.3 is 9.64 Å². The Bertz CT molecular complexity index is 888. The molecule has 5 nitrogen and oxygen atoms in total. The molecule has 3 rings (SSSR count). The van der Waals surface area contributed by atoms with Gasteiger partial charge in [0.2, 0.25) is 0 Å². The van der Waals surface area contributed by atoms with E-state index in [1.165, 1.54) is 19.2 Å². The summed E-state index contributed by atoms with van der Waals surface area (Å²) in [6, 6.07) is 10.8. The van der Waals surface area contributed by atoms with Crippen molar-refractivity contribution in [2.45, 2.75) is 6.04 Å². The number of benzene rings is 2. The van der Waals surface area contributed by atoms with Crippen LogP contribution < -0.4 is 0 Å². The SMILES string of the molecule is COC(=O)C(c1ccccc1Cl)N1CCN(C(=O)c2ccc(Br)cc2F)CC1. The number of carbonyl (C=O) groups excluding carboxylic acids is 2. The molecule has 1 aliphatic heterocycles. The summed E-state index contributed by atoms with van der Waals surface area (Å²) in [6.07, 6.45) is 0. The van der Waals surface area contributed by atoms with E-state index in [2.05, 4.69) is 15.9 Å². The van der Waals surface area contributed by atoms with E-state index < -0.39 is 17.8 Å². The molecule has 8 heteroatoms. The zero-order valence-electron chi connectivity index (χ0n) is 15.2. The highest BCUT2D eigenvalue weighted by Crippen LogP contribution is 2.29. The summed E-state index contributed by atoms with van der Waals surface area (Å²) >= 11 is 9.47. The molecule has 2 aromatic rings. The van der Waals surface area contributed by atoms with Crippen molar-refractivity contribution in [2.24, 2.45) is 0 Å². The smallest absolute Gasteiger partial charge is 0.327 e. The lowest BCUT2D eigenvalue weighted by molar-refractivity contribution is -0.148. The minimum Gasteiger partial charge on any atom is -0.468 e. The van der Waals surface area contributed by atoms with E-state index in [-0.39, 0.29) is 11.5 Å². The van der Waals surface area contributed by atoms with Crippen LogP contribution in [0, 0.1) is 5.82 Å². The number of methoxy groups -OCH3 is 1. The van der Waals surface area contributed by atoms with Crippen LogP contribution >= 0.6 is 27.5 Å². The summed E-state index contributed by atoms with van der Waals surface area (Å²) in [6.45, 7) is 1.61. The molecular formula is C20H19BrClFN2O3. The normalized spacial score (nSPS) is 15.9. The fraction of sp³-hybridized carbons (Fsp3) is 0.300. The Balaban J connectivity index is 1.75. The first kappa shape index (κ1) is 20.8. The van der Waals surface area contributed by atoms with Crippen LogP contribution in [0.25, 0.3) is 0 Å². The summed E-state index contributed by atoms with van der Waals surface area (Å²) in [5.41, 5.74) is 0.696. The quantitative estimate of drug-likeness (QED) is 0.637. The van der Waals surface area contributed by atoms with Crippen LogP contribution in [-0.2, 0) is 9.53 Å². The first-order valence-corrected chi connectivity index (χ1v) is 9.90. The lowest BCUT2D eigenvalue weighted by atomic mass is 10.0. The van der Waals surface area contributed by atoms with Gasteiger partial charge in [0.15, 0.2) is 0 Å². The standard InChI is InChI=1S/C20H19BrClFN2O3/c1-28-20(27)18(14-4-2-3-5-16(14)22)24-8-10-25(11-9-24)19(26)15-7-6-13(21)12-17(15)23/h2-7,12,18H,8-11H2,1H3. The molecular weight excluding hydrogens is 451 g/mol. The van der Waals surface area contributed by atoms with Crippen molar-refractivity contribution in [3.63, 3.8) is 0 Å². The van der Waals surface area contributed by atoms with Crippen molar-refractivity contribution >= 4 is 39.4 Å². The van der Waals surface area contributed by atoms with Gasteiger partial charge in [-0.2, -0.15) is 0 Å². The van der Waals surface area contributed by atoms with Crippen LogP contribution in [0.2, 0.25) is 5.02 Å². The maximum atomic E-state index is 14.1. The van der Waals surface area contributed by atoms with E-state index in [1.807, 2.05) is 11.0 Å². The molecule has 0 N–H and O–H groups in total. The average molecular weight is 470 g/mol. The van der Waals surface area contributed by atoms with Crippen LogP contribution in [0.5, 0.6) is 0 Å². The number of carbonyl (C=O) groups is 2. The summed E-state index contributed by atoms with van der Waals surface area (Å²) in [7, 11) is 1.34. The van der Waals surface area contributed by atoms with Crippen LogP contribution in [0.3, 0.4) is 0 Å². The number of halogens is 3. The van der Waals surface area contributed by atoms with E-state index in [0.717, 1.165) is 0 Å². The summed E-state index contributed by atoms with van der Waals surface area (Å²) in [5.74, 6) is -1.34. The minimum atomic E-state index is -0.652. The molecule has 1 aliphatic rings. The van der Waals surface area contributed by atoms with Crippen molar-refractivity contribution in [2.75, 3.05) is 33.3 Å². The van der Waals surface area contributed by atoms with Crippen LogP contribution in [0.1, 0.15) is 22.0 Å². The number of esters is 1. The van der Waals surface area contributed by atoms with Crippen molar-refractivity contribution in [3.8, 4) is 0 Å². The van der Waals surface area contributed by atoms with Crippen molar-refractivity contribution in [3.05, 3.63) is 68.9 Å². The van der Waals surface area contributed by atoms with Gasteiger partial charge in [-0.3, -0.25) is 9.69 Å². The third-order valence-corrected chi connectivity index (χ3v) is 5.59. The van der Waals surface area contributed by atoms with E-state index in [1.54, 1.807) is 29.2 Å². The van der Waals surface area contributed by atoms with Gasteiger partial charge in [-0.15, -0.1) is 0 Å². The molecule has 0 saturated carbocycles. The molecule has 0 spiro atoms. The average Bonchev–Trinajstić information content (AvgIpc) is 2.69. The maximum Gasteiger partial charge on any atom is 0.327 e. The Labute approximate surface area is 176 Å². The predicted octanol–water partition coefficient (Wildman–Crippen LogP) is 3.91. The molecule has 0 aliphatic carbocycles. The van der Waals surface area contributed by atoms with Gasteiger partial charge in [0.05, 0.1) is 12.7 Å². The summed E-state index contributed by atoms with van der Waals surface area (Å²) < 4.78 is 19.7. The van der Waals surface area contributed by atoms with Gasteiger partial charge in [-0.25, -0.2) is 9.18 Å². The Morgan fingerprint density at radius 2 is 1.82 bits per heavy atom. The third kappa shape index (κ3) is 4.37. The molecule has 1 amide bonds. The second-order valence-corrected chi connectivity index (χ2v) is 7.72. The molecule has 1 atom stereocenters. The molecule has 0 radical (unpaired) electrons. The van der Waals surface area contributed by atoms with E-state index >= 15 is 0 Å². The second-order valence-electron chi connectivity index (χ2n) is 6.40. The van der Waals surface area contributed by atoms with Gasteiger partial charge in [0.25, 0.3) is 5.91 Å². The third-order valence-electron chi connectivity index (χ3n) is 4.75. The highest BCUT2D eigenvalue weighted by Gasteiger charge is 2.34. The lowest BCUT2D eigenvalue weighted by Gasteiger charge is -2.38. The zero-order chi connectivity index (χ0) is 20.3. The van der Waals surface area contributed by atoms with Crippen LogP contribution in [-0.4, -0.2) is 55.0 Å². The molecule has 0 aromatic heterocycles. The first-order chi connectivity index (χ1) is 13.4. The number of nitrogens with zero attached hydrogens (tertiary/aromatic N) is 2. The zero-order valence-corrected chi connectivity index (χ0v) is 17.5. The van der Waals surface area contributed by atoms with Crippen molar-refractivity contribution in [1.29, 1.82) is 0 Å². The maximum absolute atomic E-state index is 14.1. The van der Waals surface area contributed by atoms with Gasteiger partial charge >= 0.3 is 5.97 Å². The summed E-state index contributed by atoms with van der Waals surface area (Å²) in [4.78, 5) is 28.6. The Morgan fingerprint density at radius 1 is 1.14 bits per heavy atom. The van der Waals surface area contributed by atoms with Gasteiger partial charge in [0.1, 0.15) is 11.9 Å². The number of hydrogen-bond acceptors (Lipinski definition) is 4. The van der Waals surface area contributed by atoms with Crippen molar-refractivity contribution < 1.29 is 18.7 Å². The van der Waals surface area contributed by atoms with Gasteiger partial charge in [0, 0.05) is 35.7 Å². The Kier molecular flexibility index (Phi) is 6.69. The van der Waals surface area contributed by atoms with Gasteiger partial charge in [-0.05, 0) is 29.8 Å². The minimum absolute atomic E-state index is 0.0345. The number of rotatable bonds is 4. The van der Waals surface area contributed by atoms with E-state index in [4.69, 9.17) is 16.3 Å². The molecule has 1 heterocycles. The fourth-order valence-electron chi connectivity index (χ4n) is 3.30. The molecule has 0 bridgehead atoms. The highest BCUT2D eigenvalue weighted by atomic mass is 79.9. The molecule has 1 unspecified atom stereocenters. The molecule has 1 saturated heterocycles. The highest BCUT2D eigenvalue weighted by molar-refractivity contribution is 9.10. The van der Waals surface area contributed by atoms with Crippen LogP contribution in [0.15, 0.2) is 46.9 Å². The molecule has 148 valence electrons. The van der Waals surface area contributed by atoms with E-state index in [0.29, 0.717) is 41.2 Å².